The summed E-state index contributed by atoms with van der Waals surface area (Å²) in [6.07, 6.45) is -9.96. The molecule has 0 aliphatic carbocycles. The van der Waals surface area contributed by atoms with Gasteiger partial charge in [-0.1, -0.05) is 0 Å². The van der Waals surface area contributed by atoms with Crippen molar-refractivity contribution in [2.45, 2.75) is 17.7 Å². The summed E-state index contributed by atoms with van der Waals surface area (Å²) in [6.45, 7) is -0.144. The number of halogens is 8. The molecule has 0 aromatic heterocycles. The number of nitrogens with zero attached hydrogens (tertiary/aromatic N) is 1. The van der Waals surface area contributed by atoms with E-state index < -0.39 is 46.4 Å². The van der Waals surface area contributed by atoms with Crippen LogP contribution < -0.4 is 4.90 Å². The van der Waals surface area contributed by atoms with Crippen molar-refractivity contribution in [3.8, 4) is 0 Å². The Bertz CT molecular complexity index is 583. The van der Waals surface area contributed by atoms with Gasteiger partial charge in [-0.05, 0) is 18.2 Å². The Morgan fingerprint density at radius 1 is 1.04 bits per heavy atom. The van der Waals surface area contributed by atoms with E-state index in [1.54, 1.807) is 0 Å². The van der Waals surface area contributed by atoms with Crippen molar-refractivity contribution < 1.29 is 31.1 Å². The second-order valence-corrected chi connectivity index (χ2v) is 5.81. The molecule has 1 amide bonds. The summed E-state index contributed by atoms with van der Waals surface area (Å²) < 4.78 is 76.9. The van der Waals surface area contributed by atoms with Crippen molar-refractivity contribution in [1.29, 1.82) is 0 Å². The molecule has 10 heteroatoms. The zero-order chi connectivity index (χ0) is 17.6. The highest BCUT2D eigenvalue weighted by molar-refractivity contribution is 6.34. The summed E-state index contributed by atoms with van der Waals surface area (Å²) in [4.78, 5) is 12.8. The topological polar surface area (TPSA) is 20.3 Å². The first-order valence-electron chi connectivity index (χ1n) is 6.26. The molecule has 1 fully saturated rings. The zero-order valence-corrected chi connectivity index (χ0v) is 12.7. The van der Waals surface area contributed by atoms with E-state index in [-0.39, 0.29) is 18.5 Å². The van der Waals surface area contributed by atoms with E-state index in [0.29, 0.717) is 12.1 Å². The Balaban J connectivity index is 2.52. The standard InChI is InChI=1S/C13H9Cl2F6NO/c14-4-6-5-22(11(23)10(6)15)9-2-7(12(16,17)18)1-8(3-9)13(19,20)21/h1-3,6,10H,4-5H2. The highest BCUT2D eigenvalue weighted by Gasteiger charge is 2.42. The number of anilines is 1. The fourth-order valence-electron chi connectivity index (χ4n) is 2.22. The molecule has 1 aromatic carbocycles. The van der Waals surface area contributed by atoms with Crippen LogP contribution in [0.4, 0.5) is 32.0 Å². The Morgan fingerprint density at radius 2 is 1.52 bits per heavy atom. The van der Waals surface area contributed by atoms with Crippen LogP contribution in [0.2, 0.25) is 0 Å². The lowest BCUT2D eigenvalue weighted by molar-refractivity contribution is -0.143. The number of carbonyl (C=O) groups excluding carboxylic acids is 1. The second kappa shape index (κ2) is 6.05. The minimum absolute atomic E-state index is 0.00125. The van der Waals surface area contributed by atoms with Crippen LogP contribution in [0.1, 0.15) is 11.1 Å². The Hall–Kier alpha value is -1.15. The molecule has 1 aromatic rings. The maximum atomic E-state index is 12.8. The minimum atomic E-state index is -4.98. The molecular weight excluding hydrogens is 371 g/mol. The molecular formula is C13H9Cl2F6NO. The average Bonchev–Trinajstić information content (AvgIpc) is 2.72. The van der Waals surface area contributed by atoms with Gasteiger partial charge in [-0.3, -0.25) is 4.79 Å². The number of alkyl halides is 8. The summed E-state index contributed by atoms with van der Waals surface area (Å²) >= 11 is 11.4. The number of benzene rings is 1. The SMILES string of the molecule is O=C1C(Cl)C(CCl)CN1c1cc(C(F)(F)F)cc(C(F)(F)F)c1. The molecule has 1 aliphatic rings. The van der Waals surface area contributed by atoms with Crippen LogP contribution >= 0.6 is 23.2 Å². The molecule has 0 radical (unpaired) electrons. The Morgan fingerprint density at radius 3 is 1.87 bits per heavy atom. The van der Waals surface area contributed by atoms with E-state index in [0.717, 1.165) is 4.90 Å². The fourth-order valence-corrected chi connectivity index (χ4v) is 2.88. The van der Waals surface area contributed by atoms with E-state index in [2.05, 4.69) is 0 Å². The molecule has 2 unspecified atom stereocenters. The number of amides is 1. The lowest BCUT2D eigenvalue weighted by Crippen LogP contribution is -2.28. The molecule has 2 rings (SSSR count). The fraction of sp³-hybridized carbons (Fsp3) is 0.462. The molecule has 23 heavy (non-hydrogen) atoms. The first-order chi connectivity index (χ1) is 10.4. The lowest BCUT2D eigenvalue weighted by Gasteiger charge is -2.20. The van der Waals surface area contributed by atoms with Gasteiger partial charge in [0.05, 0.1) is 11.1 Å². The molecule has 0 N–H and O–H groups in total. The van der Waals surface area contributed by atoms with Gasteiger partial charge in [0.2, 0.25) is 5.91 Å². The van der Waals surface area contributed by atoms with Gasteiger partial charge in [0.1, 0.15) is 5.38 Å². The smallest absolute Gasteiger partial charge is 0.311 e. The van der Waals surface area contributed by atoms with Crippen LogP contribution in [0.3, 0.4) is 0 Å². The van der Waals surface area contributed by atoms with Crippen LogP contribution in [-0.2, 0) is 17.1 Å². The molecule has 2 atom stereocenters. The lowest BCUT2D eigenvalue weighted by atomic mass is 10.1. The largest absolute Gasteiger partial charge is 0.416 e. The number of carbonyl (C=O) groups is 1. The highest BCUT2D eigenvalue weighted by Crippen LogP contribution is 2.40. The van der Waals surface area contributed by atoms with Crippen molar-refractivity contribution >= 4 is 34.8 Å². The van der Waals surface area contributed by atoms with E-state index in [4.69, 9.17) is 23.2 Å². The zero-order valence-electron chi connectivity index (χ0n) is 11.2. The predicted molar refractivity (Wildman–Crippen MR) is 72.7 cm³/mol. The normalized spacial score (nSPS) is 22.8. The third-order valence-electron chi connectivity index (χ3n) is 3.42. The summed E-state index contributed by atoms with van der Waals surface area (Å²) in [5.74, 6) is -1.37. The average molecular weight is 380 g/mol. The van der Waals surface area contributed by atoms with Crippen molar-refractivity contribution in [1.82, 2.24) is 0 Å². The van der Waals surface area contributed by atoms with Gasteiger partial charge < -0.3 is 4.90 Å². The molecule has 128 valence electrons. The van der Waals surface area contributed by atoms with Crippen molar-refractivity contribution in [2.75, 3.05) is 17.3 Å². The Kier molecular flexibility index (Phi) is 4.79. The van der Waals surface area contributed by atoms with Crippen LogP contribution in [0.25, 0.3) is 0 Å². The van der Waals surface area contributed by atoms with Crippen LogP contribution in [0.5, 0.6) is 0 Å². The van der Waals surface area contributed by atoms with Crippen LogP contribution in [0.15, 0.2) is 18.2 Å². The van der Waals surface area contributed by atoms with Gasteiger partial charge in [0, 0.05) is 24.0 Å². The van der Waals surface area contributed by atoms with Gasteiger partial charge in [0.15, 0.2) is 0 Å². The predicted octanol–water partition coefficient (Wildman–Crippen LogP) is 4.53. The molecule has 0 saturated carbocycles. The summed E-state index contributed by atoms with van der Waals surface area (Å²) in [7, 11) is 0. The maximum absolute atomic E-state index is 12.8. The number of hydrogen-bond acceptors (Lipinski definition) is 1. The maximum Gasteiger partial charge on any atom is 0.416 e. The molecule has 1 aliphatic heterocycles. The first kappa shape index (κ1) is 18.2. The molecule has 0 bridgehead atoms. The monoisotopic (exact) mass is 379 g/mol. The summed E-state index contributed by atoms with van der Waals surface area (Å²) in [5.41, 5.74) is -3.48. The molecule has 1 heterocycles. The quantitative estimate of drug-likeness (QED) is 0.545. The van der Waals surface area contributed by atoms with Crippen molar-refractivity contribution in [2.24, 2.45) is 5.92 Å². The molecule has 1 saturated heterocycles. The van der Waals surface area contributed by atoms with Crippen LogP contribution in [-0.4, -0.2) is 23.7 Å². The van der Waals surface area contributed by atoms with Gasteiger partial charge in [-0.15, -0.1) is 23.2 Å². The third kappa shape index (κ3) is 3.68. The molecule has 0 spiro atoms. The van der Waals surface area contributed by atoms with Gasteiger partial charge in [-0.25, -0.2) is 0 Å². The second-order valence-electron chi connectivity index (χ2n) is 5.03. The van der Waals surface area contributed by atoms with Crippen molar-refractivity contribution in [3.63, 3.8) is 0 Å². The van der Waals surface area contributed by atoms with Gasteiger partial charge in [0.25, 0.3) is 0 Å². The highest BCUT2D eigenvalue weighted by atomic mass is 35.5. The van der Waals surface area contributed by atoms with Crippen LogP contribution in [0, 0.1) is 5.92 Å². The van der Waals surface area contributed by atoms with Crippen molar-refractivity contribution in [3.05, 3.63) is 29.3 Å². The van der Waals surface area contributed by atoms with E-state index in [9.17, 15) is 31.1 Å². The third-order valence-corrected chi connectivity index (χ3v) is 4.35. The number of rotatable bonds is 2. The molecule has 2 nitrogen and oxygen atoms in total. The first-order valence-corrected chi connectivity index (χ1v) is 7.23. The minimum Gasteiger partial charge on any atom is -0.311 e. The summed E-state index contributed by atoms with van der Waals surface area (Å²) in [6, 6.07) is 0.988. The Labute approximate surface area is 137 Å². The summed E-state index contributed by atoms with van der Waals surface area (Å²) in [5, 5.41) is -1.09. The van der Waals surface area contributed by atoms with E-state index >= 15 is 0 Å². The van der Waals surface area contributed by atoms with Gasteiger partial charge in [-0.2, -0.15) is 26.3 Å². The van der Waals surface area contributed by atoms with E-state index in [1.807, 2.05) is 0 Å². The van der Waals surface area contributed by atoms with Gasteiger partial charge >= 0.3 is 12.4 Å². The van der Waals surface area contributed by atoms with E-state index in [1.165, 1.54) is 0 Å². The number of hydrogen-bond donors (Lipinski definition) is 0.